The third kappa shape index (κ3) is 3.04. The van der Waals surface area contributed by atoms with Crippen LogP contribution in [-0.4, -0.2) is 0 Å². The molecule has 0 aliphatic rings. The molecule has 8 aromatic rings. The summed E-state index contributed by atoms with van der Waals surface area (Å²) in [5.41, 5.74) is 5.16. The Morgan fingerprint density at radius 2 is 0.868 bits per heavy atom. The monoisotopic (exact) mass is 482 g/mol. The molecule has 0 aliphatic heterocycles. The Morgan fingerprint density at radius 3 is 1.68 bits per heavy atom. The van der Waals surface area contributed by atoms with Crippen molar-refractivity contribution in [2.24, 2.45) is 0 Å². The summed E-state index contributed by atoms with van der Waals surface area (Å²) in [6, 6.07) is 45.2. The molecule has 0 heteroatoms. The van der Waals surface area contributed by atoms with Gasteiger partial charge in [0.1, 0.15) is 0 Å². The van der Waals surface area contributed by atoms with E-state index in [1.807, 2.05) is 0 Å². The molecule has 0 bridgehead atoms. The first-order valence-corrected chi connectivity index (χ1v) is 13.4. The first kappa shape index (κ1) is 21.4. The first-order valence-electron chi connectivity index (χ1n) is 13.4. The average Bonchev–Trinajstić information content (AvgIpc) is 2.96. The lowest BCUT2D eigenvalue weighted by Gasteiger charge is -2.14. The zero-order valence-corrected chi connectivity index (χ0v) is 21.5. The van der Waals surface area contributed by atoms with Crippen LogP contribution < -0.4 is 0 Å². The molecule has 0 unspecified atom stereocenters. The number of hydrogen-bond acceptors (Lipinski definition) is 0. The third-order valence-electron chi connectivity index (χ3n) is 8.45. The predicted octanol–water partition coefficient (Wildman–Crippen LogP) is 10.9. The zero-order chi connectivity index (χ0) is 25.4. The second-order valence-corrected chi connectivity index (χ2v) is 10.7. The van der Waals surface area contributed by atoms with E-state index in [1.165, 1.54) is 86.9 Å². The van der Waals surface area contributed by atoms with Crippen LogP contribution in [0.25, 0.3) is 75.8 Å². The number of fused-ring (bicyclic) bond motifs is 10. The highest BCUT2D eigenvalue weighted by Crippen LogP contribution is 2.38. The van der Waals surface area contributed by atoms with Crippen molar-refractivity contribution in [2.75, 3.05) is 0 Å². The number of hydrogen-bond donors (Lipinski definition) is 0. The standard InChI is InChI=1S/C38H26/c1-23-19-29-12-11-26-8-4-6-10-32(26)38(29)34-18-15-27(21-35(23)34)28-14-16-30-24(2)20-36-31-9-5-3-7-25(31)13-17-33(36)37(30)22-28/h3-22H,1-2H3. The van der Waals surface area contributed by atoms with Crippen molar-refractivity contribution in [2.45, 2.75) is 13.8 Å². The van der Waals surface area contributed by atoms with Gasteiger partial charge in [-0.3, -0.25) is 0 Å². The van der Waals surface area contributed by atoms with Crippen molar-refractivity contribution < 1.29 is 0 Å². The maximum absolute atomic E-state index is 2.40. The van der Waals surface area contributed by atoms with Gasteiger partial charge < -0.3 is 0 Å². The smallest absolute Gasteiger partial charge is 0.00266 e. The van der Waals surface area contributed by atoms with Gasteiger partial charge in [-0.25, -0.2) is 0 Å². The molecule has 38 heavy (non-hydrogen) atoms. The van der Waals surface area contributed by atoms with Gasteiger partial charge >= 0.3 is 0 Å². The lowest BCUT2D eigenvalue weighted by atomic mass is 9.90. The minimum absolute atomic E-state index is 1.26. The molecule has 0 nitrogen and oxygen atoms in total. The highest BCUT2D eigenvalue weighted by Gasteiger charge is 2.12. The largest absolute Gasteiger partial charge is 0.0616 e. The third-order valence-corrected chi connectivity index (χ3v) is 8.45. The summed E-state index contributed by atoms with van der Waals surface area (Å²) in [5.74, 6) is 0. The molecule has 0 aliphatic carbocycles. The topological polar surface area (TPSA) is 0 Å². The summed E-state index contributed by atoms with van der Waals surface area (Å²) in [6.07, 6.45) is 0. The van der Waals surface area contributed by atoms with E-state index in [-0.39, 0.29) is 0 Å². The fourth-order valence-electron chi connectivity index (χ4n) is 6.56. The molecule has 0 radical (unpaired) electrons. The van der Waals surface area contributed by atoms with E-state index < -0.39 is 0 Å². The van der Waals surface area contributed by atoms with Crippen LogP contribution in [0, 0.1) is 13.8 Å². The van der Waals surface area contributed by atoms with Crippen LogP contribution in [0.4, 0.5) is 0 Å². The molecule has 0 atom stereocenters. The molecule has 0 aromatic heterocycles. The van der Waals surface area contributed by atoms with Gasteiger partial charge in [-0.2, -0.15) is 0 Å². The van der Waals surface area contributed by atoms with Gasteiger partial charge in [0, 0.05) is 0 Å². The summed E-state index contributed by atoms with van der Waals surface area (Å²) in [4.78, 5) is 0. The lowest BCUT2D eigenvalue weighted by molar-refractivity contribution is 1.55. The van der Waals surface area contributed by atoms with Gasteiger partial charge in [0.2, 0.25) is 0 Å². The Balaban J connectivity index is 1.39. The molecule has 0 N–H and O–H groups in total. The average molecular weight is 483 g/mol. The van der Waals surface area contributed by atoms with Crippen LogP contribution in [0.5, 0.6) is 0 Å². The lowest BCUT2D eigenvalue weighted by Crippen LogP contribution is -1.88. The Kier molecular flexibility index (Phi) is 4.46. The summed E-state index contributed by atoms with van der Waals surface area (Å²) < 4.78 is 0. The Labute approximate surface area is 221 Å². The molecule has 0 amide bonds. The van der Waals surface area contributed by atoms with Gasteiger partial charge in [-0.05, 0) is 113 Å². The molecule has 178 valence electrons. The van der Waals surface area contributed by atoms with Crippen LogP contribution in [-0.2, 0) is 0 Å². The zero-order valence-electron chi connectivity index (χ0n) is 21.5. The van der Waals surface area contributed by atoms with Crippen molar-refractivity contribution in [3.63, 3.8) is 0 Å². The maximum Gasteiger partial charge on any atom is -0.00266 e. The number of benzene rings is 8. The van der Waals surface area contributed by atoms with E-state index in [1.54, 1.807) is 0 Å². The molecule has 0 fully saturated rings. The predicted molar refractivity (Wildman–Crippen MR) is 166 cm³/mol. The normalized spacial score (nSPS) is 11.9. The summed E-state index contributed by atoms with van der Waals surface area (Å²) in [7, 11) is 0. The minimum Gasteiger partial charge on any atom is -0.0616 e. The highest BCUT2D eigenvalue weighted by atomic mass is 14.2. The van der Waals surface area contributed by atoms with Crippen molar-refractivity contribution in [3.8, 4) is 11.1 Å². The second-order valence-electron chi connectivity index (χ2n) is 10.7. The molecular formula is C38H26. The number of aryl methyl sites for hydroxylation is 2. The van der Waals surface area contributed by atoms with Crippen molar-refractivity contribution in [1.29, 1.82) is 0 Å². The molecule has 8 aromatic carbocycles. The SMILES string of the molecule is Cc1cc2c3ccccc3ccc2c2cc(-c3ccc4c(c3)c(C)cc3ccc5ccccc5c34)ccc12. The quantitative estimate of drug-likeness (QED) is 0.204. The van der Waals surface area contributed by atoms with Crippen LogP contribution in [0.15, 0.2) is 121 Å². The van der Waals surface area contributed by atoms with Crippen LogP contribution in [0.2, 0.25) is 0 Å². The van der Waals surface area contributed by atoms with Crippen LogP contribution in [0.1, 0.15) is 11.1 Å². The van der Waals surface area contributed by atoms with Crippen molar-refractivity contribution in [3.05, 3.63) is 132 Å². The molecule has 0 heterocycles. The van der Waals surface area contributed by atoms with Gasteiger partial charge in [0.05, 0.1) is 0 Å². The van der Waals surface area contributed by atoms with E-state index in [0.29, 0.717) is 0 Å². The summed E-state index contributed by atoms with van der Waals surface area (Å²) in [5, 5.41) is 15.8. The van der Waals surface area contributed by atoms with E-state index in [0.717, 1.165) is 0 Å². The molecular weight excluding hydrogens is 456 g/mol. The first-order chi connectivity index (χ1) is 18.7. The Bertz CT molecular complexity index is 2250. The van der Waals surface area contributed by atoms with Gasteiger partial charge in [0.25, 0.3) is 0 Å². The van der Waals surface area contributed by atoms with E-state index in [2.05, 4.69) is 135 Å². The fourth-order valence-corrected chi connectivity index (χ4v) is 6.56. The van der Waals surface area contributed by atoms with Crippen LogP contribution in [0.3, 0.4) is 0 Å². The van der Waals surface area contributed by atoms with E-state index in [9.17, 15) is 0 Å². The second kappa shape index (κ2) is 7.91. The number of rotatable bonds is 1. The minimum atomic E-state index is 1.26. The van der Waals surface area contributed by atoms with E-state index in [4.69, 9.17) is 0 Å². The van der Waals surface area contributed by atoms with Gasteiger partial charge in [-0.1, -0.05) is 109 Å². The highest BCUT2D eigenvalue weighted by molar-refractivity contribution is 6.22. The fraction of sp³-hybridized carbons (Fsp3) is 0.0526. The van der Waals surface area contributed by atoms with Crippen LogP contribution >= 0.6 is 0 Å². The molecule has 0 saturated heterocycles. The Morgan fingerprint density at radius 1 is 0.316 bits per heavy atom. The van der Waals surface area contributed by atoms with Crippen molar-refractivity contribution in [1.82, 2.24) is 0 Å². The molecule has 8 rings (SSSR count). The maximum atomic E-state index is 2.40. The van der Waals surface area contributed by atoms with Gasteiger partial charge in [0.15, 0.2) is 0 Å². The molecule has 0 spiro atoms. The van der Waals surface area contributed by atoms with Gasteiger partial charge in [-0.15, -0.1) is 0 Å². The van der Waals surface area contributed by atoms with E-state index >= 15 is 0 Å². The summed E-state index contributed by atoms with van der Waals surface area (Å²) >= 11 is 0. The van der Waals surface area contributed by atoms with Crippen molar-refractivity contribution >= 4 is 64.6 Å². The summed E-state index contributed by atoms with van der Waals surface area (Å²) in [6.45, 7) is 4.47. The molecule has 0 saturated carbocycles. The Hall–Kier alpha value is -4.68.